The lowest BCUT2D eigenvalue weighted by Crippen LogP contribution is -2.32. The lowest BCUT2D eigenvalue weighted by molar-refractivity contribution is -0.116. The molecule has 1 N–H and O–H groups in total. The molecule has 2 amide bonds. The number of hydrogen-bond acceptors (Lipinski definition) is 3. The fourth-order valence-corrected chi connectivity index (χ4v) is 4.56. The molecule has 0 spiro atoms. The van der Waals surface area contributed by atoms with Crippen LogP contribution < -0.4 is 10.2 Å². The summed E-state index contributed by atoms with van der Waals surface area (Å²) < 4.78 is 0. The van der Waals surface area contributed by atoms with Crippen molar-refractivity contribution in [2.24, 2.45) is 5.92 Å². The van der Waals surface area contributed by atoms with E-state index in [9.17, 15) is 9.59 Å². The van der Waals surface area contributed by atoms with Crippen molar-refractivity contribution in [1.29, 1.82) is 0 Å². The van der Waals surface area contributed by atoms with Gasteiger partial charge in [-0.1, -0.05) is 25.7 Å². The van der Waals surface area contributed by atoms with Gasteiger partial charge >= 0.3 is 0 Å². The zero-order valence-corrected chi connectivity index (χ0v) is 17.5. The van der Waals surface area contributed by atoms with E-state index < -0.39 is 0 Å². The molecule has 5 heteroatoms. The Hall–Kier alpha value is -2.04. The minimum atomic E-state index is 0.0500. The first-order chi connectivity index (χ1) is 13.6. The Bertz CT molecular complexity index is 672. The van der Waals surface area contributed by atoms with Gasteiger partial charge in [-0.3, -0.25) is 9.59 Å². The van der Waals surface area contributed by atoms with Gasteiger partial charge in [-0.05, 0) is 57.2 Å². The van der Waals surface area contributed by atoms with Gasteiger partial charge in [-0.15, -0.1) is 0 Å². The van der Waals surface area contributed by atoms with Gasteiger partial charge in [-0.25, -0.2) is 0 Å². The first kappa shape index (κ1) is 20.7. The van der Waals surface area contributed by atoms with Crippen LogP contribution in [0.4, 0.5) is 11.4 Å². The minimum absolute atomic E-state index is 0.0500. The van der Waals surface area contributed by atoms with E-state index in [-0.39, 0.29) is 11.8 Å². The third-order valence-electron chi connectivity index (χ3n) is 6.26. The fourth-order valence-electron chi connectivity index (χ4n) is 4.56. The standard InChI is InChI=1S/C23H35N3O2/c1-3-25(4-2)23(28)20-17-19(12-13-21(20)26-15-7-8-16-26)24-22(27)14-11-18-9-5-6-10-18/h12-13,17-18H,3-11,14-16H2,1-2H3,(H,24,27). The Morgan fingerprint density at radius 1 is 1.07 bits per heavy atom. The number of anilines is 2. The van der Waals surface area contributed by atoms with Crippen LogP contribution >= 0.6 is 0 Å². The summed E-state index contributed by atoms with van der Waals surface area (Å²) in [5.74, 6) is 0.819. The maximum atomic E-state index is 13.1. The van der Waals surface area contributed by atoms with Crippen LogP contribution in [-0.2, 0) is 4.79 Å². The molecule has 1 saturated carbocycles. The fraction of sp³-hybridized carbons (Fsp3) is 0.652. The number of carbonyl (C=O) groups is 2. The molecular weight excluding hydrogens is 350 g/mol. The molecule has 2 aliphatic rings. The van der Waals surface area contributed by atoms with E-state index >= 15 is 0 Å². The summed E-state index contributed by atoms with van der Waals surface area (Å²) in [5, 5.41) is 3.03. The topological polar surface area (TPSA) is 52.7 Å². The van der Waals surface area contributed by atoms with E-state index in [1.54, 1.807) is 0 Å². The summed E-state index contributed by atoms with van der Waals surface area (Å²) in [4.78, 5) is 29.7. The van der Waals surface area contributed by atoms with Crippen LogP contribution in [0.2, 0.25) is 0 Å². The van der Waals surface area contributed by atoms with Crippen LogP contribution in [0.1, 0.15) is 75.6 Å². The van der Waals surface area contributed by atoms with Gasteiger partial charge < -0.3 is 15.1 Å². The number of carbonyl (C=O) groups excluding carboxylic acids is 2. The lowest BCUT2D eigenvalue weighted by Gasteiger charge is -2.25. The maximum absolute atomic E-state index is 13.1. The Morgan fingerprint density at radius 3 is 2.39 bits per heavy atom. The molecule has 1 heterocycles. The van der Waals surface area contributed by atoms with Crippen LogP contribution in [0.3, 0.4) is 0 Å². The first-order valence-electron chi connectivity index (χ1n) is 11.1. The Morgan fingerprint density at radius 2 is 1.75 bits per heavy atom. The van der Waals surface area contributed by atoms with Crippen molar-refractivity contribution < 1.29 is 9.59 Å². The molecule has 1 aliphatic carbocycles. The highest BCUT2D eigenvalue weighted by Gasteiger charge is 2.23. The highest BCUT2D eigenvalue weighted by Crippen LogP contribution is 2.30. The molecule has 1 aromatic rings. The molecular formula is C23H35N3O2. The van der Waals surface area contributed by atoms with Crippen molar-refractivity contribution in [3.05, 3.63) is 23.8 Å². The number of rotatable bonds is 8. The van der Waals surface area contributed by atoms with Gasteiger partial charge in [0.2, 0.25) is 5.91 Å². The minimum Gasteiger partial charge on any atom is -0.371 e. The first-order valence-corrected chi connectivity index (χ1v) is 11.1. The second-order valence-electron chi connectivity index (χ2n) is 8.14. The van der Waals surface area contributed by atoms with Crippen molar-refractivity contribution in [3.63, 3.8) is 0 Å². The van der Waals surface area contributed by atoms with Gasteiger partial charge in [-0.2, -0.15) is 0 Å². The van der Waals surface area contributed by atoms with Crippen LogP contribution in [0, 0.1) is 5.92 Å². The summed E-state index contributed by atoms with van der Waals surface area (Å²) in [6.07, 6.45) is 9.01. The van der Waals surface area contributed by atoms with E-state index in [1.807, 2.05) is 36.9 Å². The van der Waals surface area contributed by atoms with Crippen LogP contribution in [0.5, 0.6) is 0 Å². The average molecular weight is 386 g/mol. The molecule has 1 aliphatic heterocycles. The normalized spacial score (nSPS) is 17.1. The highest BCUT2D eigenvalue weighted by atomic mass is 16.2. The quantitative estimate of drug-likeness (QED) is 0.707. The predicted octanol–water partition coefficient (Wildman–Crippen LogP) is 4.68. The molecule has 154 valence electrons. The van der Waals surface area contributed by atoms with Crippen molar-refractivity contribution in [2.45, 2.75) is 65.2 Å². The zero-order valence-electron chi connectivity index (χ0n) is 17.5. The molecule has 5 nitrogen and oxygen atoms in total. The van der Waals surface area contributed by atoms with Crippen LogP contribution in [0.15, 0.2) is 18.2 Å². The summed E-state index contributed by atoms with van der Waals surface area (Å²) in [7, 11) is 0. The molecule has 1 saturated heterocycles. The monoisotopic (exact) mass is 385 g/mol. The average Bonchev–Trinajstić information content (AvgIpc) is 3.41. The van der Waals surface area contributed by atoms with Gasteiger partial charge in [0.1, 0.15) is 0 Å². The van der Waals surface area contributed by atoms with Crippen molar-refractivity contribution in [1.82, 2.24) is 4.90 Å². The SMILES string of the molecule is CCN(CC)C(=O)c1cc(NC(=O)CCC2CCCC2)ccc1N1CCCC1. The summed E-state index contributed by atoms with van der Waals surface area (Å²) >= 11 is 0. The Kier molecular flexibility index (Phi) is 7.35. The van der Waals surface area contributed by atoms with Crippen molar-refractivity contribution in [2.75, 3.05) is 36.4 Å². The zero-order chi connectivity index (χ0) is 19.9. The summed E-state index contributed by atoms with van der Waals surface area (Å²) in [6.45, 7) is 7.37. The number of benzene rings is 1. The maximum Gasteiger partial charge on any atom is 0.256 e. The molecule has 3 rings (SSSR count). The number of amides is 2. The molecule has 0 atom stereocenters. The summed E-state index contributed by atoms with van der Waals surface area (Å²) in [6, 6.07) is 5.83. The molecule has 0 radical (unpaired) electrons. The second-order valence-corrected chi connectivity index (χ2v) is 8.14. The smallest absolute Gasteiger partial charge is 0.256 e. The van der Waals surface area contributed by atoms with E-state index in [0.29, 0.717) is 31.0 Å². The van der Waals surface area contributed by atoms with Gasteiger partial charge in [0.05, 0.1) is 5.56 Å². The third kappa shape index (κ3) is 5.06. The molecule has 0 aromatic heterocycles. The van der Waals surface area contributed by atoms with Gasteiger partial charge in [0, 0.05) is 44.0 Å². The van der Waals surface area contributed by atoms with Crippen LogP contribution in [-0.4, -0.2) is 42.9 Å². The third-order valence-corrected chi connectivity index (χ3v) is 6.26. The second kappa shape index (κ2) is 9.94. The Labute approximate surface area is 169 Å². The Balaban J connectivity index is 1.73. The number of hydrogen-bond donors (Lipinski definition) is 1. The molecule has 2 fully saturated rings. The van der Waals surface area contributed by atoms with Gasteiger partial charge in [0.25, 0.3) is 5.91 Å². The van der Waals surface area contributed by atoms with Crippen molar-refractivity contribution >= 4 is 23.2 Å². The van der Waals surface area contributed by atoms with Crippen molar-refractivity contribution in [3.8, 4) is 0 Å². The van der Waals surface area contributed by atoms with E-state index in [4.69, 9.17) is 0 Å². The molecule has 28 heavy (non-hydrogen) atoms. The number of nitrogens with zero attached hydrogens (tertiary/aromatic N) is 2. The van der Waals surface area contributed by atoms with Gasteiger partial charge in [0.15, 0.2) is 0 Å². The molecule has 1 aromatic carbocycles. The molecule has 0 unspecified atom stereocenters. The lowest BCUT2D eigenvalue weighted by atomic mass is 10.0. The predicted molar refractivity (Wildman–Crippen MR) is 115 cm³/mol. The van der Waals surface area contributed by atoms with E-state index in [1.165, 1.54) is 38.5 Å². The highest BCUT2D eigenvalue weighted by molar-refractivity contribution is 6.02. The van der Waals surface area contributed by atoms with E-state index in [0.717, 1.165) is 30.9 Å². The van der Waals surface area contributed by atoms with Crippen LogP contribution in [0.25, 0.3) is 0 Å². The largest absolute Gasteiger partial charge is 0.371 e. The summed E-state index contributed by atoms with van der Waals surface area (Å²) in [5.41, 5.74) is 2.44. The number of nitrogens with one attached hydrogen (secondary N) is 1. The van der Waals surface area contributed by atoms with E-state index in [2.05, 4.69) is 10.2 Å². The molecule has 0 bridgehead atoms.